The molecule has 0 amide bonds. The molecule has 5 nitrogen and oxygen atoms in total. The first-order valence-corrected chi connectivity index (χ1v) is 18.0. The van der Waals surface area contributed by atoms with Crippen molar-refractivity contribution in [3.8, 4) is 34.1 Å². The zero-order chi connectivity index (χ0) is 35.1. The van der Waals surface area contributed by atoms with E-state index in [0.29, 0.717) is 17.8 Å². The van der Waals surface area contributed by atoms with E-state index in [-0.39, 0.29) is 0 Å². The summed E-state index contributed by atoms with van der Waals surface area (Å²) >= 11 is 0. The second-order valence-corrected chi connectivity index (χ2v) is 14.9. The van der Waals surface area contributed by atoms with Crippen LogP contribution in [0.2, 0.25) is 0 Å². The Morgan fingerprint density at radius 3 is 2.10 bits per heavy atom. The van der Waals surface area contributed by atoms with Crippen molar-refractivity contribution in [1.29, 1.82) is 0 Å². The van der Waals surface area contributed by atoms with Crippen LogP contribution in [0.4, 0.5) is 0 Å². The van der Waals surface area contributed by atoms with E-state index < -0.39 is 0 Å². The molecule has 0 N–H and O–H groups in total. The molecule has 3 aromatic heterocycles. The molecule has 0 bridgehead atoms. The van der Waals surface area contributed by atoms with Crippen LogP contribution in [0.25, 0.3) is 44.4 Å². The number of hydrogen-bond acceptors (Lipinski definition) is 3. The Morgan fingerprint density at radius 2 is 1.38 bits per heavy atom. The van der Waals surface area contributed by atoms with Gasteiger partial charge in [0.25, 0.3) is 0 Å². The molecular weight excluding hydrogens is 613 g/mol. The maximum Gasteiger partial charge on any atom is 0.137 e. The third-order valence-electron chi connectivity index (χ3n) is 9.71. The summed E-state index contributed by atoms with van der Waals surface area (Å²) in [4.78, 5) is 4.81. The number of benzene rings is 4. The van der Waals surface area contributed by atoms with Crippen molar-refractivity contribution in [3.63, 3.8) is 0 Å². The van der Waals surface area contributed by atoms with Gasteiger partial charge in [0.2, 0.25) is 0 Å². The van der Waals surface area contributed by atoms with Gasteiger partial charge in [-0.2, -0.15) is 5.10 Å². The molecule has 0 saturated carbocycles. The predicted molar refractivity (Wildman–Crippen MR) is 208 cm³/mol. The van der Waals surface area contributed by atoms with E-state index in [4.69, 9.17) is 14.8 Å². The van der Waals surface area contributed by atoms with Crippen LogP contribution in [0.15, 0.2) is 104 Å². The Hall–Kier alpha value is -5.16. The minimum Gasteiger partial charge on any atom is -0.457 e. The van der Waals surface area contributed by atoms with Crippen molar-refractivity contribution < 1.29 is 4.74 Å². The molecule has 0 aliphatic rings. The van der Waals surface area contributed by atoms with Crippen molar-refractivity contribution in [1.82, 2.24) is 19.3 Å². The van der Waals surface area contributed by atoms with Gasteiger partial charge in [0, 0.05) is 40.9 Å². The lowest BCUT2D eigenvalue weighted by Gasteiger charge is -2.22. The second kappa shape index (κ2) is 13.6. The molecular formula is C45H48N4O. The van der Waals surface area contributed by atoms with Crippen LogP contribution in [-0.4, -0.2) is 19.3 Å². The number of para-hydroxylation sites is 1. The van der Waals surface area contributed by atoms with Crippen LogP contribution in [0.3, 0.4) is 0 Å². The fraction of sp³-hybridized carbons (Fsp3) is 0.289. The van der Waals surface area contributed by atoms with Gasteiger partial charge in [-0.15, -0.1) is 0 Å². The Morgan fingerprint density at radius 1 is 0.680 bits per heavy atom. The highest BCUT2D eigenvalue weighted by Gasteiger charge is 2.20. The largest absolute Gasteiger partial charge is 0.457 e. The lowest BCUT2D eigenvalue weighted by atomic mass is 9.83. The van der Waals surface area contributed by atoms with Gasteiger partial charge in [0.15, 0.2) is 0 Å². The number of nitrogens with zero attached hydrogens (tertiary/aromatic N) is 4. The Labute approximate surface area is 296 Å². The summed E-state index contributed by atoms with van der Waals surface area (Å²) < 4.78 is 10.8. The van der Waals surface area contributed by atoms with Crippen LogP contribution in [-0.2, 0) is 12.8 Å². The van der Waals surface area contributed by atoms with Gasteiger partial charge in [-0.3, -0.25) is 4.57 Å². The molecule has 50 heavy (non-hydrogen) atoms. The highest BCUT2D eigenvalue weighted by atomic mass is 16.5. The Balaban J connectivity index is 1.25. The van der Waals surface area contributed by atoms with Crippen molar-refractivity contribution in [3.05, 3.63) is 131 Å². The monoisotopic (exact) mass is 660 g/mol. The minimum atomic E-state index is 0.409. The number of fused-ring (bicyclic) bond motifs is 3. The molecule has 0 radical (unpaired) electrons. The molecule has 0 fully saturated rings. The van der Waals surface area contributed by atoms with Gasteiger partial charge in [-0.05, 0) is 120 Å². The van der Waals surface area contributed by atoms with Gasteiger partial charge < -0.3 is 4.74 Å². The summed E-state index contributed by atoms with van der Waals surface area (Å²) in [5.74, 6) is 3.97. The second-order valence-electron chi connectivity index (χ2n) is 14.9. The number of ether oxygens (including phenoxy) is 1. The minimum absolute atomic E-state index is 0.409. The number of aromatic nitrogens is 4. The molecule has 4 aromatic carbocycles. The van der Waals surface area contributed by atoms with Gasteiger partial charge >= 0.3 is 0 Å². The number of pyridine rings is 1. The van der Waals surface area contributed by atoms with Crippen LogP contribution >= 0.6 is 0 Å². The summed E-state index contributed by atoms with van der Waals surface area (Å²) in [6, 6.07) is 29.7. The number of rotatable bonds is 10. The summed E-state index contributed by atoms with van der Waals surface area (Å²) in [7, 11) is 0. The van der Waals surface area contributed by atoms with Crippen molar-refractivity contribution in [2.45, 2.75) is 74.1 Å². The molecule has 0 aliphatic carbocycles. The normalized spacial score (nSPS) is 11.9. The fourth-order valence-electron chi connectivity index (χ4n) is 7.36. The topological polar surface area (TPSA) is 44.9 Å². The maximum absolute atomic E-state index is 6.57. The van der Waals surface area contributed by atoms with E-state index in [1.807, 2.05) is 29.2 Å². The molecule has 0 aliphatic heterocycles. The van der Waals surface area contributed by atoms with E-state index in [0.717, 1.165) is 46.9 Å². The Bertz CT molecular complexity index is 2290. The van der Waals surface area contributed by atoms with Gasteiger partial charge in [-0.25, -0.2) is 9.67 Å². The summed E-state index contributed by atoms with van der Waals surface area (Å²) in [6.45, 7) is 18.2. The lowest BCUT2D eigenvalue weighted by molar-refractivity contribution is 0.483. The molecule has 5 heteroatoms. The molecule has 7 rings (SSSR count). The molecule has 7 aromatic rings. The first-order valence-electron chi connectivity index (χ1n) is 18.0. The van der Waals surface area contributed by atoms with Crippen LogP contribution in [0.1, 0.15) is 75.3 Å². The molecule has 3 heterocycles. The number of hydrogen-bond donors (Lipinski definition) is 0. The van der Waals surface area contributed by atoms with E-state index >= 15 is 0 Å². The molecule has 254 valence electrons. The zero-order valence-electron chi connectivity index (χ0n) is 30.7. The first-order chi connectivity index (χ1) is 24.1. The number of aryl methyl sites for hydroxylation is 2. The molecule has 0 saturated heterocycles. The third kappa shape index (κ3) is 6.45. The molecule has 0 unspecified atom stereocenters. The summed E-state index contributed by atoms with van der Waals surface area (Å²) in [5.41, 5.74) is 12.5. The summed E-state index contributed by atoms with van der Waals surface area (Å²) in [5, 5.41) is 7.25. The predicted octanol–water partition coefficient (Wildman–Crippen LogP) is 12.0. The van der Waals surface area contributed by atoms with Crippen molar-refractivity contribution in [2.75, 3.05) is 0 Å². The summed E-state index contributed by atoms with van der Waals surface area (Å²) in [6.07, 6.45) is 8.22. The van der Waals surface area contributed by atoms with Crippen molar-refractivity contribution in [2.24, 2.45) is 11.8 Å². The van der Waals surface area contributed by atoms with Crippen LogP contribution in [0, 0.1) is 25.7 Å². The van der Waals surface area contributed by atoms with Crippen LogP contribution in [0.5, 0.6) is 11.5 Å². The van der Waals surface area contributed by atoms with Gasteiger partial charge in [0.1, 0.15) is 17.3 Å². The maximum atomic E-state index is 6.57. The van der Waals surface area contributed by atoms with E-state index in [1.165, 1.54) is 49.7 Å². The van der Waals surface area contributed by atoms with Crippen LogP contribution < -0.4 is 4.74 Å². The van der Waals surface area contributed by atoms with Gasteiger partial charge in [0.05, 0.1) is 22.9 Å². The Kier molecular flexibility index (Phi) is 9.09. The smallest absolute Gasteiger partial charge is 0.137 e. The molecule has 0 atom stereocenters. The van der Waals surface area contributed by atoms with Gasteiger partial charge in [-0.1, -0.05) is 71.9 Å². The quantitative estimate of drug-likeness (QED) is 0.147. The lowest BCUT2D eigenvalue weighted by Crippen LogP contribution is -2.07. The standard InChI is InChI=1S/C45H48N4O/c1-28(2)20-40-31(7)22-32(8)41(21-29(3)4)45(40)34-26-47-48(27-34)35-12-11-13-36(24-35)50-37-16-17-39-38-14-9-10-15-42(38)49(43(39)25-37)44-23-33(30(5)6)18-19-46-44/h9-19,22-30H,20-21H2,1-8H3. The average molecular weight is 661 g/mol. The highest BCUT2D eigenvalue weighted by Crippen LogP contribution is 2.38. The SMILES string of the molecule is Cc1cc(C)c(CC(C)C)c(-c2cnn(-c3cccc(Oc4ccc5c6ccccc6n(-c6cc(C(C)C)ccn6)c5c4)c3)c2)c1CC(C)C. The zero-order valence-corrected chi connectivity index (χ0v) is 30.7. The third-order valence-corrected chi connectivity index (χ3v) is 9.71. The van der Waals surface area contributed by atoms with E-state index in [1.54, 1.807) is 0 Å². The van der Waals surface area contributed by atoms with E-state index in [9.17, 15) is 0 Å². The highest BCUT2D eigenvalue weighted by molar-refractivity contribution is 6.09. The fourth-order valence-corrected chi connectivity index (χ4v) is 7.36. The molecule has 0 spiro atoms. The first kappa shape index (κ1) is 33.3. The van der Waals surface area contributed by atoms with Crippen molar-refractivity contribution >= 4 is 21.8 Å². The van der Waals surface area contributed by atoms with E-state index in [2.05, 4.69) is 139 Å². The average Bonchev–Trinajstić information content (AvgIpc) is 3.70.